The van der Waals surface area contributed by atoms with Crippen molar-refractivity contribution < 1.29 is 23.8 Å². The Morgan fingerprint density at radius 1 is 1.44 bits per heavy atom. The normalized spacial score (nSPS) is 11.8. The Morgan fingerprint density at radius 3 is 2.84 bits per heavy atom. The lowest BCUT2D eigenvalue weighted by molar-refractivity contribution is -0.121. The van der Waals surface area contributed by atoms with Gasteiger partial charge in [0.25, 0.3) is 0 Å². The molecule has 134 valence electrons. The van der Waals surface area contributed by atoms with Crippen molar-refractivity contribution in [3.63, 3.8) is 0 Å². The topological polar surface area (TPSA) is 88.5 Å². The summed E-state index contributed by atoms with van der Waals surface area (Å²) in [5.74, 6) is -1.15. The molecule has 1 heterocycles. The zero-order chi connectivity index (χ0) is 18.4. The number of nitrogens with zero attached hydrogens (tertiary/aromatic N) is 1. The van der Waals surface area contributed by atoms with E-state index in [4.69, 9.17) is 9.84 Å². The highest BCUT2D eigenvalue weighted by Gasteiger charge is 2.19. The number of hydrogen-bond acceptors (Lipinski definition) is 5. The molecule has 0 aliphatic carbocycles. The van der Waals surface area contributed by atoms with Crippen LogP contribution in [0.1, 0.15) is 46.2 Å². The van der Waals surface area contributed by atoms with E-state index in [1.807, 2.05) is 0 Å². The molecular formula is C17H19FN2O4S. The number of carboxylic acids is 1. The number of nitrogens with one attached hydrogen (secondary N) is 1. The van der Waals surface area contributed by atoms with Gasteiger partial charge < -0.3 is 15.2 Å². The first-order valence-electron chi connectivity index (χ1n) is 7.75. The van der Waals surface area contributed by atoms with Crippen LogP contribution in [0.25, 0.3) is 0 Å². The van der Waals surface area contributed by atoms with Crippen LogP contribution in [0.5, 0.6) is 5.75 Å². The molecule has 1 atom stereocenters. The van der Waals surface area contributed by atoms with E-state index in [1.54, 1.807) is 26.0 Å². The Balaban J connectivity index is 1.76. The van der Waals surface area contributed by atoms with E-state index in [0.717, 1.165) is 11.3 Å². The molecule has 0 aliphatic heterocycles. The van der Waals surface area contributed by atoms with Crippen LogP contribution < -0.4 is 10.1 Å². The van der Waals surface area contributed by atoms with Crippen molar-refractivity contribution >= 4 is 23.2 Å². The smallest absolute Gasteiger partial charge is 0.347 e. The number of ether oxygens (including phenoxy) is 1. The predicted molar refractivity (Wildman–Crippen MR) is 91.5 cm³/mol. The number of halogens is 1. The maximum Gasteiger partial charge on any atom is 0.347 e. The minimum Gasteiger partial charge on any atom is -0.493 e. The number of rotatable bonds is 8. The summed E-state index contributed by atoms with van der Waals surface area (Å²) in [7, 11) is 0. The minimum absolute atomic E-state index is 0.180. The summed E-state index contributed by atoms with van der Waals surface area (Å²) in [6.07, 6.45) is 0.724. The highest BCUT2D eigenvalue weighted by Crippen LogP contribution is 2.23. The minimum atomic E-state index is -1.02. The number of benzene rings is 1. The standard InChI is InChI=1S/C17H19FN2O4S/c1-10-15(17(22)23)25-16(20-10)11(2)19-14(21)7-4-8-24-13-6-3-5-12(18)9-13/h3,5-6,9,11H,4,7-8H2,1-2H3,(H,19,21)(H,22,23). The average molecular weight is 366 g/mol. The first kappa shape index (κ1) is 18.9. The number of thiazole rings is 1. The predicted octanol–water partition coefficient (Wildman–Crippen LogP) is 3.33. The van der Waals surface area contributed by atoms with Crippen LogP contribution in [-0.2, 0) is 4.79 Å². The van der Waals surface area contributed by atoms with Gasteiger partial charge in [-0.2, -0.15) is 0 Å². The largest absolute Gasteiger partial charge is 0.493 e. The summed E-state index contributed by atoms with van der Waals surface area (Å²) in [4.78, 5) is 27.4. The van der Waals surface area contributed by atoms with Crippen LogP contribution in [0, 0.1) is 12.7 Å². The molecule has 25 heavy (non-hydrogen) atoms. The Kier molecular flexibility index (Phi) is 6.46. The number of hydrogen-bond donors (Lipinski definition) is 2. The van der Waals surface area contributed by atoms with Crippen molar-refractivity contribution in [2.45, 2.75) is 32.7 Å². The van der Waals surface area contributed by atoms with Crippen molar-refractivity contribution in [2.75, 3.05) is 6.61 Å². The van der Waals surface area contributed by atoms with Gasteiger partial charge in [0.1, 0.15) is 21.5 Å². The van der Waals surface area contributed by atoms with Crippen LogP contribution in [0.15, 0.2) is 24.3 Å². The van der Waals surface area contributed by atoms with E-state index in [-0.39, 0.29) is 29.1 Å². The van der Waals surface area contributed by atoms with Crippen molar-refractivity contribution in [2.24, 2.45) is 0 Å². The van der Waals surface area contributed by atoms with Crippen LogP contribution in [-0.4, -0.2) is 28.6 Å². The second-order valence-corrected chi connectivity index (χ2v) is 6.50. The van der Waals surface area contributed by atoms with Gasteiger partial charge >= 0.3 is 5.97 Å². The molecule has 2 N–H and O–H groups in total. The Morgan fingerprint density at radius 2 is 2.20 bits per heavy atom. The van der Waals surface area contributed by atoms with E-state index in [2.05, 4.69) is 10.3 Å². The van der Waals surface area contributed by atoms with Crippen LogP contribution in [0.4, 0.5) is 4.39 Å². The number of aromatic nitrogens is 1. The molecule has 0 spiro atoms. The van der Waals surface area contributed by atoms with Gasteiger partial charge in [0.05, 0.1) is 18.3 Å². The molecule has 0 bridgehead atoms. The van der Waals surface area contributed by atoms with Gasteiger partial charge in [-0.25, -0.2) is 14.2 Å². The molecule has 0 saturated heterocycles. The van der Waals surface area contributed by atoms with Crippen LogP contribution >= 0.6 is 11.3 Å². The van der Waals surface area contributed by atoms with Crippen molar-refractivity contribution in [1.29, 1.82) is 0 Å². The maximum atomic E-state index is 13.0. The quantitative estimate of drug-likeness (QED) is 0.700. The van der Waals surface area contributed by atoms with Gasteiger partial charge in [-0.1, -0.05) is 6.07 Å². The fourth-order valence-corrected chi connectivity index (χ4v) is 3.06. The van der Waals surface area contributed by atoms with E-state index < -0.39 is 5.97 Å². The highest BCUT2D eigenvalue weighted by molar-refractivity contribution is 7.13. The SMILES string of the molecule is Cc1nc(C(C)NC(=O)CCCOc2cccc(F)c2)sc1C(=O)O. The lowest BCUT2D eigenvalue weighted by atomic mass is 10.2. The Labute approximate surface area is 148 Å². The number of carbonyl (C=O) groups excluding carboxylic acids is 1. The molecule has 0 saturated carbocycles. The molecule has 2 rings (SSSR count). The molecule has 1 aromatic heterocycles. The number of carbonyl (C=O) groups is 2. The van der Waals surface area contributed by atoms with Crippen LogP contribution in [0.3, 0.4) is 0 Å². The number of amides is 1. The van der Waals surface area contributed by atoms with Gasteiger partial charge in [0.15, 0.2) is 0 Å². The lowest BCUT2D eigenvalue weighted by Gasteiger charge is -2.11. The average Bonchev–Trinajstić information content (AvgIpc) is 2.94. The fourth-order valence-electron chi connectivity index (χ4n) is 2.16. The zero-order valence-corrected chi connectivity index (χ0v) is 14.7. The summed E-state index contributed by atoms with van der Waals surface area (Å²) in [6, 6.07) is 5.45. The number of aryl methyl sites for hydroxylation is 1. The van der Waals surface area contributed by atoms with Crippen molar-refractivity contribution in [1.82, 2.24) is 10.3 Å². The van der Waals surface area contributed by atoms with E-state index in [0.29, 0.717) is 29.5 Å². The Bertz CT molecular complexity index is 763. The molecule has 0 fully saturated rings. The summed E-state index contributed by atoms with van der Waals surface area (Å²) < 4.78 is 18.4. The molecule has 1 amide bonds. The van der Waals surface area contributed by atoms with Crippen molar-refractivity contribution in [3.05, 3.63) is 45.7 Å². The van der Waals surface area contributed by atoms with Gasteiger partial charge in [-0.3, -0.25) is 4.79 Å². The first-order valence-corrected chi connectivity index (χ1v) is 8.57. The van der Waals surface area contributed by atoms with Crippen molar-refractivity contribution in [3.8, 4) is 5.75 Å². The number of carboxylic acid groups (broad SMARTS) is 1. The summed E-state index contributed by atoms with van der Waals surface area (Å²) in [5, 5.41) is 12.4. The molecule has 8 heteroatoms. The van der Waals surface area contributed by atoms with Crippen LogP contribution in [0.2, 0.25) is 0 Å². The molecule has 6 nitrogen and oxygen atoms in total. The second kappa shape index (κ2) is 8.57. The third-order valence-electron chi connectivity index (χ3n) is 3.37. The molecule has 1 aromatic carbocycles. The monoisotopic (exact) mass is 366 g/mol. The fraction of sp³-hybridized carbons (Fsp3) is 0.353. The first-order chi connectivity index (χ1) is 11.9. The highest BCUT2D eigenvalue weighted by atomic mass is 32.1. The van der Waals surface area contributed by atoms with Gasteiger partial charge in [0, 0.05) is 12.5 Å². The third-order valence-corrected chi connectivity index (χ3v) is 4.70. The van der Waals surface area contributed by atoms with E-state index in [9.17, 15) is 14.0 Å². The van der Waals surface area contributed by atoms with Gasteiger partial charge in [0.2, 0.25) is 5.91 Å². The van der Waals surface area contributed by atoms with E-state index >= 15 is 0 Å². The Hall–Kier alpha value is -2.48. The van der Waals surface area contributed by atoms with E-state index in [1.165, 1.54) is 12.1 Å². The zero-order valence-electron chi connectivity index (χ0n) is 13.9. The third kappa shape index (κ3) is 5.53. The molecule has 2 aromatic rings. The second-order valence-electron chi connectivity index (χ2n) is 5.47. The number of aromatic carboxylic acids is 1. The molecule has 1 unspecified atom stereocenters. The van der Waals surface area contributed by atoms with Gasteiger partial charge in [-0.05, 0) is 32.4 Å². The maximum absolute atomic E-state index is 13.0. The van der Waals surface area contributed by atoms with Gasteiger partial charge in [-0.15, -0.1) is 11.3 Å². The summed E-state index contributed by atoms with van der Waals surface area (Å²) in [5.41, 5.74) is 0.442. The molecule has 0 radical (unpaired) electrons. The molecular weight excluding hydrogens is 347 g/mol. The lowest BCUT2D eigenvalue weighted by Crippen LogP contribution is -2.26. The molecule has 0 aliphatic rings. The summed E-state index contributed by atoms with van der Waals surface area (Å²) in [6.45, 7) is 3.68. The summed E-state index contributed by atoms with van der Waals surface area (Å²) >= 11 is 1.06.